The number of nitrogens with zero attached hydrogens (tertiary/aromatic N) is 1. The SMILES string of the molecule is COc1ccccc1/C=N\NS(=O)(=O)c1ccc(C)cc1. The van der Waals surface area contributed by atoms with Crippen LogP contribution in [-0.2, 0) is 10.0 Å². The Morgan fingerprint density at radius 3 is 2.43 bits per heavy atom. The van der Waals surface area contributed by atoms with E-state index in [0.717, 1.165) is 5.56 Å². The van der Waals surface area contributed by atoms with Crippen LogP contribution in [0.25, 0.3) is 0 Å². The number of rotatable bonds is 5. The molecule has 1 N–H and O–H groups in total. The summed E-state index contributed by atoms with van der Waals surface area (Å²) in [5.74, 6) is 0.621. The minimum Gasteiger partial charge on any atom is -0.496 e. The highest BCUT2D eigenvalue weighted by molar-refractivity contribution is 7.89. The molecule has 110 valence electrons. The largest absolute Gasteiger partial charge is 0.496 e. The molecule has 21 heavy (non-hydrogen) atoms. The second-order valence-corrected chi connectivity index (χ2v) is 6.07. The zero-order chi connectivity index (χ0) is 15.3. The van der Waals surface area contributed by atoms with Gasteiger partial charge in [0, 0.05) is 5.56 Å². The molecule has 0 fully saturated rings. The van der Waals surface area contributed by atoms with Gasteiger partial charge in [-0.15, -0.1) is 0 Å². The molecule has 0 saturated carbocycles. The number of hydrogen-bond acceptors (Lipinski definition) is 4. The Bertz CT molecular complexity index is 738. The molecule has 2 aromatic rings. The van der Waals surface area contributed by atoms with Crippen molar-refractivity contribution < 1.29 is 13.2 Å². The Kier molecular flexibility index (Phi) is 4.59. The van der Waals surface area contributed by atoms with E-state index in [1.165, 1.54) is 18.3 Å². The van der Waals surface area contributed by atoms with Crippen molar-refractivity contribution in [1.82, 2.24) is 4.83 Å². The van der Waals surface area contributed by atoms with Crippen molar-refractivity contribution in [3.63, 3.8) is 0 Å². The summed E-state index contributed by atoms with van der Waals surface area (Å²) in [6, 6.07) is 13.7. The maximum atomic E-state index is 12.0. The van der Waals surface area contributed by atoms with Gasteiger partial charge in [0.15, 0.2) is 0 Å². The molecule has 2 aromatic carbocycles. The predicted molar refractivity (Wildman–Crippen MR) is 82.1 cm³/mol. The molecule has 0 saturated heterocycles. The van der Waals surface area contributed by atoms with Crippen LogP contribution in [0.5, 0.6) is 5.75 Å². The quantitative estimate of drug-likeness (QED) is 0.681. The van der Waals surface area contributed by atoms with E-state index in [4.69, 9.17) is 4.74 Å². The summed E-state index contributed by atoms with van der Waals surface area (Å²) in [5, 5.41) is 3.78. The van der Waals surface area contributed by atoms with E-state index < -0.39 is 10.0 Å². The second kappa shape index (κ2) is 6.41. The first kappa shape index (κ1) is 15.1. The number of hydrogen-bond donors (Lipinski definition) is 1. The van der Waals surface area contributed by atoms with Crippen molar-refractivity contribution in [3.05, 3.63) is 59.7 Å². The molecule has 0 aromatic heterocycles. The van der Waals surface area contributed by atoms with Crippen LogP contribution in [0.4, 0.5) is 0 Å². The van der Waals surface area contributed by atoms with Gasteiger partial charge in [0.1, 0.15) is 5.75 Å². The summed E-state index contributed by atoms with van der Waals surface area (Å²) in [6.07, 6.45) is 1.41. The van der Waals surface area contributed by atoms with Crippen LogP contribution in [0.2, 0.25) is 0 Å². The molecule has 0 atom stereocenters. The van der Waals surface area contributed by atoms with E-state index in [1.807, 2.05) is 19.1 Å². The number of aryl methyl sites for hydroxylation is 1. The zero-order valence-electron chi connectivity index (χ0n) is 11.8. The van der Waals surface area contributed by atoms with Crippen LogP contribution in [0.3, 0.4) is 0 Å². The van der Waals surface area contributed by atoms with Crippen molar-refractivity contribution in [1.29, 1.82) is 0 Å². The lowest BCUT2D eigenvalue weighted by atomic mass is 10.2. The maximum absolute atomic E-state index is 12.0. The Balaban J connectivity index is 2.14. The molecule has 6 heteroatoms. The van der Waals surface area contributed by atoms with E-state index in [9.17, 15) is 8.42 Å². The first-order chi connectivity index (χ1) is 10.0. The normalized spacial score (nSPS) is 11.5. The molecule has 0 radical (unpaired) electrons. The number of methoxy groups -OCH3 is 1. The van der Waals surface area contributed by atoms with E-state index in [1.54, 1.807) is 31.4 Å². The number of ether oxygens (including phenoxy) is 1. The summed E-state index contributed by atoms with van der Waals surface area (Å²) in [7, 11) is -2.11. The molecule has 0 aliphatic carbocycles. The standard InChI is InChI=1S/C15H16N2O3S/c1-12-7-9-14(10-8-12)21(18,19)17-16-11-13-5-3-4-6-15(13)20-2/h3-11,17H,1-2H3/b16-11-. The molecule has 2 rings (SSSR count). The van der Waals surface area contributed by atoms with Crippen LogP contribution < -0.4 is 9.57 Å². The topological polar surface area (TPSA) is 67.8 Å². The van der Waals surface area contributed by atoms with Gasteiger partial charge in [-0.3, -0.25) is 0 Å². The van der Waals surface area contributed by atoms with Crippen molar-refractivity contribution in [2.75, 3.05) is 7.11 Å². The van der Waals surface area contributed by atoms with Crippen molar-refractivity contribution in [2.24, 2.45) is 5.10 Å². The van der Waals surface area contributed by atoms with Crippen LogP contribution >= 0.6 is 0 Å². The van der Waals surface area contributed by atoms with Gasteiger partial charge in [0.25, 0.3) is 10.0 Å². The first-order valence-corrected chi connectivity index (χ1v) is 7.76. The molecule has 0 bridgehead atoms. The molecular formula is C15H16N2O3S. The fourth-order valence-corrected chi connectivity index (χ4v) is 2.50. The van der Waals surface area contributed by atoms with Crippen molar-refractivity contribution in [2.45, 2.75) is 11.8 Å². The average Bonchev–Trinajstić information content (AvgIpc) is 2.48. The summed E-state index contributed by atoms with van der Waals surface area (Å²) in [5.41, 5.74) is 1.68. The molecule has 0 amide bonds. The van der Waals surface area contributed by atoms with Crippen molar-refractivity contribution in [3.8, 4) is 5.75 Å². The Morgan fingerprint density at radius 2 is 1.76 bits per heavy atom. The van der Waals surface area contributed by atoms with E-state index in [-0.39, 0.29) is 4.90 Å². The summed E-state index contributed by atoms with van der Waals surface area (Å²) in [6.45, 7) is 1.89. The van der Waals surface area contributed by atoms with Gasteiger partial charge in [-0.1, -0.05) is 29.8 Å². The fourth-order valence-electron chi connectivity index (χ4n) is 1.71. The first-order valence-electron chi connectivity index (χ1n) is 6.27. The van der Waals surface area contributed by atoms with Crippen LogP contribution in [0.1, 0.15) is 11.1 Å². The maximum Gasteiger partial charge on any atom is 0.276 e. The highest BCUT2D eigenvalue weighted by atomic mass is 32.2. The van der Waals surface area contributed by atoms with Gasteiger partial charge in [0.2, 0.25) is 0 Å². The summed E-state index contributed by atoms with van der Waals surface area (Å²) < 4.78 is 29.2. The minimum atomic E-state index is -3.66. The molecule has 0 aliphatic rings. The van der Waals surface area contributed by atoms with E-state index in [0.29, 0.717) is 11.3 Å². The monoisotopic (exact) mass is 304 g/mol. The van der Waals surface area contributed by atoms with Crippen LogP contribution in [-0.4, -0.2) is 21.7 Å². The van der Waals surface area contributed by atoms with Crippen LogP contribution in [0.15, 0.2) is 58.5 Å². The fraction of sp³-hybridized carbons (Fsp3) is 0.133. The van der Waals surface area contributed by atoms with Gasteiger partial charge in [-0.25, -0.2) is 4.83 Å². The smallest absolute Gasteiger partial charge is 0.276 e. The van der Waals surface area contributed by atoms with Crippen LogP contribution in [0, 0.1) is 6.92 Å². The van der Waals surface area contributed by atoms with Gasteiger partial charge in [0.05, 0.1) is 18.2 Å². The number of nitrogens with one attached hydrogen (secondary N) is 1. The Labute approximate surface area is 124 Å². The third-order valence-electron chi connectivity index (χ3n) is 2.85. The Hall–Kier alpha value is -2.34. The molecule has 0 heterocycles. The lowest BCUT2D eigenvalue weighted by Crippen LogP contribution is -2.18. The van der Waals surface area contributed by atoms with E-state index in [2.05, 4.69) is 9.93 Å². The molecular weight excluding hydrogens is 288 g/mol. The second-order valence-electron chi connectivity index (χ2n) is 4.41. The highest BCUT2D eigenvalue weighted by Crippen LogP contribution is 2.15. The van der Waals surface area contributed by atoms with Gasteiger partial charge < -0.3 is 4.74 Å². The zero-order valence-corrected chi connectivity index (χ0v) is 12.6. The number of sulfonamides is 1. The molecule has 5 nitrogen and oxygen atoms in total. The molecule has 0 spiro atoms. The Morgan fingerprint density at radius 1 is 1.10 bits per heavy atom. The minimum absolute atomic E-state index is 0.172. The number of benzene rings is 2. The predicted octanol–water partition coefficient (Wildman–Crippen LogP) is 2.32. The van der Waals surface area contributed by atoms with Gasteiger partial charge in [-0.2, -0.15) is 13.5 Å². The number of hydrazone groups is 1. The third kappa shape index (κ3) is 3.82. The van der Waals surface area contributed by atoms with Crippen molar-refractivity contribution >= 4 is 16.2 Å². The van der Waals surface area contributed by atoms with Gasteiger partial charge in [-0.05, 0) is 31.2 Å². The molecule has 0 aliphatic heterocycles. The highest BCUT2D eigenvalue weighted by Gasteiger charge is 2.11. The molecule has 0 unspecified atom stereocenters. The third-order valence-corrected chi connectivity index (χ3v) is 4.09. The van der Waals surface area contributed by atoms with Gasteiger partial charge >= 0.3 is 0 Å². The van der Waals surface area contributed by atoms with E-state index >= 15 is 0 Å². The lowest BCUT2D eigenvalue weighted by Gasteiger charge is -2.05. The average molecular weight is 304 g/mol. The summed E-state index contributed by atoms with van der Waals surface area (Å²) >= 11 is 0. The lowest BCUT2D eigenvalue weighted by molar-refractivity contribution is 0.414. The summed E-state index contributed by atoms with van der Waals surface area (Å²) in [4.78, 5) is 2.35. The number of para-hydroxylation sites is 1.